The zero-order chi connectivity index (χ0) is 25.3. The SMILES string of the molecule is Nc1c(N(Cc2ccccc2)C(=O)CCCOc2ccccc2)c(=O)[nH]c(=O)n1Cc1ccccc1. The summed E-state index contributed by atoms with van der Waals surface area (Å²) in [6.45, 7) is 0.637. The molecule has 0 aliphatic heterocycles. The molecule has 0 saturated carbocycles. The number of para-hydroxylation sites is 1. The summed E-state index contributed by atoms with van der Waals surface area (Å²) in [5, 5.41) is 0. The van der Waals surface area contributed by atoms with E-state index in [4.69, 9.17) is 10.5 Å². The highest BCUT2D eigenvalue weighted by Crippen LogP contribution is 2.22. The third-order valence-electron chi connectivity index (χ3n) is 5.70. The zero-order valence-electron chi connectivity index (χ0n) is 19.8. The molecular weight excluding hydrogens is 456 g/mol. The number of benzene rings is 3. The van der Waals surface area contributed by atoms with Crippen LogP contribution in [-0.2, 0) is 17.9 Å². The number of aromatic nitrogens is 2. The zero-order valence-corrected chi connectivity index (χ0v) is 19.8. The molecule has 0 unspecified atom stereocenters. The first-order chi connectivity index (χ1) is 17.5. The Morgan fingerprint density at radius 1 is 0.861 bits per heavy atom. The first-order valence-electron chi connectivity index (χ1n) is 11.7. The Morgan fingerprint density at radius 3 is 2.08 bits per heavy atom. The molecule has 0 aliphatic carbocycles. The lowest BCUT2D eigenvalue weighted by Gasteiger charge is -2.25. The first-order valence-corrected chi connectivity index (χ1v) is 11.7. The van der Waals surface area contributed by atoms with Crippen LogP contribution in [0.1, 0.15) is 24.0 Å². The molecule has 0 aliphatic rings. The third kappa shape index (κ3) is 6.09. The number of anilines is 2. The van der Waals surface area contributed by atoms with Gasteiger partial charge in [-0.2, -0.15) is 0 Å². The Balaban J connectivity index is 1.61. The van der Waals surface area contributed by atoms with Crippen molar-refractivity contribution in [3.05, 3.63) is 123 Å². The highest BCUT2D eigenvalue weighted by Gasteiger charge is 2.24. The van der Waals surface area contributed by atoms with E-state index in [0.717, 1.165) is 16.9 Å². The summed E-state index contributed by atoms with van der Waals surface area (Å²) in [4.78, 5) is 42.6. The van der Waals surface area contributed by atoms with Crippen LogP contribution in [0.15, 0.2) is 101 Å². The maximum Gasteiger partial charge on any atom is 0.330 e. The van der Waals surface area contributed by atoms with E-state index in [-0.39, 0.29) is 36.9 Å². The Labute approximate surface area is 208 Å². The average Bonchev–Trinajstić information content (AvgIpc) is 2.90. The third-order valence-corrected chi connectivity index (χ3v) is 5.70. The summed E-state index contributed by atoms with van der Waals surface area (Å²) in [6, 6.07) is 28.0. The number of hydrogen-bond acceptors (Lipinski definition) is 5. The summed E-state index contributed by atoms with van der Waals surface area (Å²) in [5.41, 5.74) is 6.67. The number of nitrogens with two attached hydrogens (primary N) is 1. The van der Waals surface area contributed by atoms with Gasteiger partial charge in [0.2, 0.25) is 5.91 Å². The number of aromatic amines is 1. The molecule has 0 radical (unpaired) electrons. The van der Waals surface area contributed by atoms with E-state index in [9.17, 15) is 14.4 Å². The van der Waals surface area contributed by atoms with Crippen LogP contribution >= 0.6 is 0 Å². The van der Waals surface area contributed by atoms with Crippen LogP contribution in [-0.4, -0.2) is 22.1 Å². The molecule has 1 aromatic heterocycles. The monoisotopic (exact) mass is 484 g/mol. The predicted molar refractivity (Wildman–Crippen MR) is 140 cm³/mol. The molecular formula is C28H28N4O4. The highest BCUT2D eigenvalue weighted by molar-refractivity contribution is 5.95. The van der Waals surface area contributed by atoms with Gasteiger partial charge in [0.05, 0.1) is 19.7 Å². The van der Waals surface area contributed by atoms with Gasteiger partial charge >= 0.3 is 5.69 Å². The first kappa shape index (κ1) is 24.5. The number of H-pyrrole nitrogens is 1. The lowest BCUT2D eigenvalue weighted by molar-refractivity contribution is -0.119. The molecule has 8 heteroatoms. The van der Waals surface area contributed by atoms with Gasteiger partial charge in [0.25, 0.3) is 5.56 Å². The molecule has 0 fully saturated rings. The maximum atomic E-state index is 13.4. The lowest BCUT2D eigenvalue weighted by atomic mass is 10.1. The molecule has 36 heavy (non-hydrogen) atoms. The number of hydrogen-bond donors (Lipinski definition) is 2. The Hall–Kier alpha value is -4.59. The van der Waals surface area contributed by atoms with E-state index in [1.54, 1.807) is 0 Å². The largest absolute Gasteiger partial charge is 0.494 e. The van der Waals surface area contributed by atoms with Crippen molar-refractivity contribution >= 4 is 17.4 Å². The average molecular weight is 485 g/mol. The molecule has 3 aromatic carbocycles. The molecule has 1 amide bonds. The summed E-state index contributed by atoms with van der Waals surface area (Å²) in [7, 11) is 0. The predicted octanol–water partition coefficient (Wildman–Crippen LogP) is 3.56. The second kappa shape index (κ2) is 11.7. The summed E-state index contributed by atoms with van der Waals surface area (Å²) in [6.07, 6.45) is 0.580. The summed E-state index contributed by atoms with van der Waals surface area (Å²) < 4.78 is 6.97. The molecule has 1 heterocycles. The number of nitrogens with one attached hydrogen (secondary N) is 1. The number of ether oxygens (including phenoxy) is 1. The Kier molecular flexibility index (Phi) is 7.97. The van der Waals surface area contributed by atoms with E-state index in [2.05, 4.69) is 4.98 Å². The number of nitrogens with zero attached hydrogens (tertiary/aromatic N) is 2. The highest BCUT2D eigenvalue weighted by atomic mass is 16.5. The fourth-order valence-electron chi connectivity index (χ4n) is 3.88. The minimum absolute atomic E-state index is 0.0386. The van der Waals surface area contributed by atoms with Crippen LogP contribution in [0.3, 0.4) is 0 Å². The van der Waals surface area contributed by atoms with Crippen LogP contribution < -0.4 is 26.6 Å². The Bertz CT molecular complexity index is 1400. The normalized spacial score (nSPS) is 10.7. The van der Waals surface area contributed by atoms with Gasteiger partial charge in [0, 0.05) is 6.42 Å². The van der Waals surface area contributed by atoms with E-state index in [0.29, 0.717) is 13.0 Å². The summed E-state index contributed by atoms with van der Waals surface area (Å²) in [5.74, 6) is 0.370. The van der Waals surface area contributed by atoms with Crippen molar-refractivity contribution in [2.75, 3.05) is 17.2 Å². The fraction of sp³-hybridized carbons (Fsp3) is 0.179. The molecule has 0 saturated heterocycles. The van der Waals surface area contributed by atoms with Gasteiger partial charge < -0.3 is 15.4 Å². The quantitative estimate of drug-likeness (QED) is 0.335. The minimum atomic E-state index is -0.702. The minimum Gasteiger partial charge on any atom is -0.494 e. The molecule has 4 rings (SSSR count). The standard InChI is InChI=1S/C28H28N4O4/c29-26-25(27(34)30-28(35)32(26)20-22-13-6-2-7-14-22)31(19-21-11-4-1-5-12-21)24(33)17-10-18-36-23-15-8-3-9-16-23/h1-9,11-16H,10,17-20,29H2,(H,30,34,35). The number of carbonyl (C=O) groups excluding carboxylic acids is 1. The van der Waals surface area contributed by atoms with Crippen LogP contribution in [0.2, 0.25) is 0 Å². The molecule has 184 valence electrons. The van der Waals surface area contributed by atoms with Crippen molar-refractivity contribution in [1.82, 2.24) is 9.55 Å². The van der Waals surface area contributed by atoms with Crippen LogP contribution in [0.25, 0.3) is 0 Å². The van der Waals surface area contributed by atoms with Crippen molar-refractivity contribution < 1.29 is 9.53 Å². The van der Waals surface area contributed by atoms with Crippen molar-refractivity contribution in [1.29, 1.82) is 0 Å². The molecule has 0 spiro atoms. The topological polar surface area (TPSA) is 110 Å². The number of amides is 1. The second-order valence-corrected chi connectivity index (χ2v) is 8.30. The molecule has 4 aromatic rings. The van der Waals surface area contributed by atoms with Crippen molar-refractivity contribution in [3.63, 3.8) is 0 Å². The van der Waals surface area contributed by atoms with Crippen molar-refractivity contribution in [2.45, 2.75) is 25.9 Å². The molecule has 3 N–H and O–H groups in total. The Morgan fingerprint density at radius 2 is 1.44 bits per heavy atom. The van der Waals surface area contributed by atoms with E-state index in [1.807, 2.05) is 91.0 Å². The molecule has 0 bridgehead atoms. The lowest BCUT2D eigenvalue weighted by Crippen LogP contribution is -2.41. The van der Waals surface area contributed by atoms with Crippen molar-refractivity contribution in [2.24, 2.45) is 0 Å². The van der Waals surface area contributed by atoms with Gasteiger partial charge in [-0.15, -0.1) is 0 Å². The second-order valence-electron chi connectivity index (χ2n) is 8.30. The summed E-state index contributed by atoms with van der Waals surface area (Å²) >= 11 is 0. The van der Waals surface area contributed by atoms with Crippen LogP contribution in [0.4, 0.5) is 11.5 Å². The van der Waals surface area contributed by atoms with E-state index < -0.39 is 11.2 Å². The maximum absolute atomic E-state index is 13.4. The van der Waals surface area contributed by atoms with Gasteiger partial charge in [-0.05, 0) is 29.7 Å². The number of rotatable bonds is 10. The number of nitrogen functional groups attached to an aromatic ring is 1. The number of carbonyl (C=O) groups is 1. The van der Waals surface area contributed by atoms with Gasteiger partial charge in [-0.1, -0.05) is 78.9 Å². The van der Waals surface area contributed by atoms with Gasteiger partial charge in [-0.3, -0.25) is 19.1 Å². The van der Waals surface area contributed by atoms with Gasteiger partial charge in [0.15, 0.2) is 5.69 Å². The van der Waals surface area contributed by atoms with Gasteiger partial charge in [0.1, 0.15) is 11.6 Å². The van der Waals surface area contributed by atoms with E-state index >= 15 is 0 Å². The van der Waals surface area contributed by atoms with Crippen molar-refractivity contribution in [3.8, 4) is 5.75 Å². The molecule has 0 atom stereocenters. The van der Waals surface area contributed by atoms with E-state index in [1.165, 1.54) is 9.47 Å². The smallest absolute Gasteiger partial charge is 0.330 e. The molecule has 8 nitrogen and oxygen atoms in total. The fourth-order valence-corrected chi connectivity index (χ4v) is 3.88. The van der Waals surface area contributed by atoms with Crippen LogP contribution in [0, 0.1) is 0 Å². The van der Waals surface area contributed by atoms with Crippen LogP contribution in [0.5, 0.6) is 5.75 Å². The van der Waals surface area contributed by atoms with Gasteiger partial charge in [-0.25, -0.2) is 4.79 Å².